The molecule has 1 atom stereocenters. The normalized spacial score (nSPS) is 14.4. The Kier molecular flexibility index (Phi) is 5.00. The Bertz CT molecular complexity index is 1020. The highest BCUT2D eigenvalue weighted by Crippen LogP contribution is 2.37. The van der Waals surface area contributed by atoms with Crippen LogP contribution < -0.4 is 5.73 Å². The van der Waals surface area contributed by atoms with Crippen molar-refractivity contribution in [1.82, 2.24) is 9.97 Å². The van der Waals surface area contributed by atoms with E-state index in [4.69, 9.17) is 10.8 Å². The fourth-order valence-electron chi connectivity index (χ4n) is 3.04. The van der Waals surface area contributed by atoms with Gasteiger partial charge in [-0.2, -0.15) is 8.78 Å². The maximum absolute atomic E-state index is 15.0. The molecule has 0 amide bonds. The molecule has 142 valence electrons. The number of hydrogen-bond acceptors (Lipinski definition) is 4. The molecule has 0 saturated carbocycles. The first-order valence-corrected chi connectivity index (χ1v) is 8.88. The molecule has 0 bridgehead atoms. The van der Waals surface area contributed by atoms with Crippen LogP contribution in [0.5, 0.6) is 0 Å². The molecule has 0 fully saturated rings. The Hall–Kier alpha value is -2.03. The van der Waals surface area contributed by atoms with Crippen LogP contribution in [0, 0.1) is 12.7 Å². The Morgan fingerprint density at radius 2 is 1.81 bits per heavy atom. The number of benzene rings is 2. The van der Waals surface area contributed by atoms with Crippen LogP contribution in [-0.4, -0.2) is 21.7 Å². The zero-order valence-corrected chi connectivity index (χ0v) is 16.2. The molecule has 0 aliphatic carbocycles. The van der Waals surface area contributed by atoms with Crippen molar-refractivity contribution in [2.45, 2.75) is 25.3 Å². The number of aryl methyl sites for hydroxylation is 1. The van der Waals surface area contributed by atoms with Crippen molar-refractivity contribution in [2.24, 2.45) is 5.73 Å². The van der Waals surface area contributed by atoms with Gasteiger partial charge in [-0.1, -0.05) is 28.1 Å². The molecule has 1 unspecified atom stereocenters. The molecule has 3 N–H and O–H groups in total. The van der Waals surface area contributed by atoms with Gasteiger partial charge in [-0.15, -0.1) is 0 Å². The summed E-state index contributed by atoms with van der Waals surface area (Å²) in [6.07, 6.45) is 0. The molecule has 27 heavy (non-hydrogen) atoms. The highest BCUT2D eigenvalue weighted by Gasteiger charge is 2.38. The van der Waals surface area contributed by atoms with E-state index in [-0.39, 0.29) is 5.56 Å². The summed E-state index contributed by atoms with van der Waals surface area (Å²) in [6.45, 7) is 1.68. The van der Waals surface area contributed by atoms with Crippen LogP contribution in [-0.2, 0) is 11.5 Å². The maximum atomic E-state index is 15.0. The molecule has 0 aliphatic rings. The molecule has 2 aromatic carbocycles. The average Bonchev–Trinajstić information content (AvgIpc) is 2.61. The summed E-state index contributed by atoms with van der Waals surface area (Å²) in [6, 6.07) is 8.88. The molecular weight excluding hydrogens is 423 g/mol. The fourth-order valence-corrected chi connectivity index (χ4v) is 3.40. The minimum absolute atomic E-state index is 0.146. The van der Waals surface area contributed by atoms with E-state index in [1.54, 1.807) is 25.1 Å². The van der Waals surface area contributed by atoms with Crippen molar-refractivity contribution in [3.05, 3.63) is 69.3 Å². The lowest BCUT2D eigenvalue weighted by Gasteiger charge is -2.28. The second-order valence-corrected chi connectivity index (χ2v) is 7.43. The quantitative estimate of drug-likeness (QED) is 0.640. The van der Waals surface area contributed by atoms with Gasteiger partial charge in [-0.3, -0.25) is 0 Å². The lowest BCUT2D eigenvalue weighted by Crippen LogP contribution is -2.38. The van der Waals surface area contributed by atoms with E-state index in [9.17, 15) is 13.2 Å². The minimum atomic E-state index is -3.72. The highest BCUT2D eigenvalue weighted by atomic mass is 79.9. The van der Waals surface area contributed by atoms with E-state index in [1.165, 1.54) is 19.1 Å². The van der Waals surface area contributed by atoms with Gasteiger partial charge < -0.3 is 10.8 Å². The lowest BCUT2D eigenvalue weighted by atomic mass is 9.85. The number of nitrogens with zero attached hydrogens (tertiary/aromatic N) is 2. The van der Waals surface area contributed by atoms with Crippen LogP contribution >= 0.6 is 15.9 Å². The molecule has 3 rings (SSSR count). The van der Waals surface area contributed by atoms with Gasteiger partial charge in [0.15, 0.2) is 0 Å². The fraction of sp³-hybridized carbons (Fsp3) is 0.263. The summed E-state index contributed by atoms with van der Waals surface area (Å²) in [5.74, 6) is -4.46. The Morgan fingerprint density at radius 1 is 1.15 bits per heavy atom. The number of aliphatic hydroxyl groups excluding tert-OH is 1. The summed E-state index contributed by atoms with van der Waals surface area (Å²) in [4.78, 5) is 8.73. The molecule has 0 spiro atoms. The molecule has 1 aromatic heterocycles. The first-order valence-electron chi connectivity index (χ1n) is 8.09. The van der Waals surface area contributed by atoms with Gasteiger partial charge in [-0.25, -0.2) is 14.4 Å². The summed E-state index contributed by atoms with van der Waals surface area (Å²) in [7, 11) is 0. The third kappa shape index (κ3) is 3.44. The van der Waals surface area contributed by atoms with Gasteiger partial charge in [0.1, 0.15) is 18.2 Å². The van der Waals surface area contributed by atoms with E-state index in [2.05, 4.69) is 25.9 Å². The summed E-state index contributed by atoms with van der Waals surface area (Å²) in [5, 5.41) is 9.50. The van der Waals surface area contributed by atoms with Gasteiger partial charge in [-0.05, 0) is 38.1 Å². The molecule has 1 heterocycles. The topological polar surface area (TPSA) is 72.0 Å². The van der Waals surface area contributed by atoms with Gasteiger partial charge in [0.05, 0.1) is 22.3 Å². The standard InChI is InChI=1S/C19H17BrF3N3O/c1-10-25-15-7-6-11(20)8-12(15)17(26-10)18(2,24)13-4-3-5-14(16(13)21)19(22,23)9-27/h3-8,27H,9,24H2,1-2H3. The number of halogens is 4. The monoisotopic (exact) mass is 439 g/mol. The third-order valence-corrected chi connectivity index (χ3v) is 4.91. The number of aromatic nitrogens is 2. The molecule has 8 heteroatoms. The summed E-state index contributed by atoms with van der Waals surface area (Å²) in [5.41, 5.74) is 4.80. The van der Waals surface area contributed by atoms with E-state index in [0.29, 0.717) is 22.4 Å². The van der Waals surface area contributed by atoms with E-state index in [0.717, 1.165) is 10.5 Å². The number of nitrogens with two attached hydrogens (primary N) is 1. The predicted molar refractivity (Wildman–Crippen MR) is 100.0 cm³/mol. The van der Waals surface area contributed by atoms with Crippen molar-refractivity contribution in [3.63, 3.8) is 0 Å². The van der Waals surface area contributed by atoms with Crippen molar-refractivity contribution in [2.75, 3.05) is 6.61 Å². The molecule has 3 aromatic rings. The van der Waals surface area contributed by atoms with Crippen LogP contribution in [0.15, 0.2) is 40.9 Å². The molecular formula is C19H17BrF3N3O. The number of fused-ring (bicyclic) bond motifs is 1. The lowest BCUT2D eigenvalue weighted by molar-refractivity contribution is -0.0584. The average molecular weight is 440 g/mol. The molecule has 4 nitrogen and oxygen atoms in total. The van der Waals surface area contributed by atoms with Crippen molar-refractivity contribution in [3.8, 4) is 0 Å². The smallest absolute Gasteiger partial charge is 0.298 e. The Labute approximate surface area is 162 Å². The SMILES string of the molecule is Cc1nc(C(C)(N)c2cccc(C(F)(F)CO)c2F)c2cc(Br)ccc2n1. The van der Waals surface area contributed by atoms with Crippen LogP contribution in [0.3, 0.4) is 0 Å². The first-order chi connectivity index (χ1) is 12.6. The first kappa shape index (κ1) is 19.7. The van der Waals surface area contributed by atoms with Crippen LogP contribution in [0.1, 0.15) is 29.6 Å². The number of aliphatic hydroxyl groups is 1. The molecule has 0 radical (unpaired) electrons. The van der Waals surface area contributed by atoms with Gasteiger partial charge in [0, 0.05) is 15.4 Å². The summed E-state index contributed by atoms with van der Waals surface area (Å²) >= 11 is 3.37. The second kappa shape index (κ2) is 6.85. The van der Waals surface area contributed by atoms with Gasteiger partial charge in [0.2, 0.25) is 0 Å². The van der Waals surface area contributed by atoms with Crippen LogP contribution in [0.25, 0.3) is 10.9 Å². The van der Waals surface area contributed by atoms with E-state index >= 15 is 0 Å². The van der Waals surface area contributed by atoms with E-state index < -0.39 is 29.4 Å². The maximum Gasteiger partial charge on any atom is 0.298 e. The van der Waals surface area contributed by atoms with Gasteiger partial charge in [0.25, 0.3) is 5.92 Å². The minimum Gasteiger partial charge on any atom is -0.390 e. The van der Waals surface area contributed by atoms with Gasteiger partial charge >= 0.3 is 0 Å². The van der Waals surface area contributed by atoms with Crippen molar-refractivity contribution >= 4 is 26.8 Å². The van der Waals surface area contributed by atoms with Crippen LogP contribution in [0.2, 0.25) is 0 Å². The second-order valence-electron chi connectivity index (χ2n) is 6.51. The Morgan fingerprint density at radius 3 is 2.48 bits per heavy atom. The molecule has 0 aliphatic heterocycles. The van der Waals surface area contributed by atoms with E-state index in [1.807, 2.05) is 0 Å². The highest BCUT2D eigenvalue weighted by molar-refractivity contribution is 9.10. The third-order valence-electron chi connectivity index (χ3n) is 4.41. The van der Waals surface area contributed by atoms with Crippen LogP contribution in [0.4, 0.5) is 13.2 Å². The largest absolute Gasteiger partial charge is 0.390 e. The number of hydrogen-bond donors (Lipinski definition) is 2. The summed E-state index contributed by atoms with van der Waals surface area (Å²) < 4.78 is 43.6. The van der Waals surface area contributed by atoms with Crippen molar-refractivity contribution in [1.29, 1.82) is 0 Å². The Balaban J connectivity index is 2.29. The molecule has 0 saturated heterocycles. The number of rotatable bonds is 4. The van der Waals surface area contributed by atoms with Crippen molar-refractivity contribution < 1.29 is 18.3 Å². The predicted octanol–water partition coefficient (Wildman–Crippen LogP) is 4.15. The number of alkyl halides is 2. The zero-order valence-electron chi connectivity index (χ0n) is 14.6. The zero-order chi connectivity index (χ0) is 20.0.